The molecule has 0 nitrogen and oxygen atoms in total. The van der Waals surface area contributed by atoms with Crippen molar-refractivity contribution in [2.45, 2.75) is 230 Å². The van der Waals surface area contributed by atoms with E-state index >= 15 is 0 Å². The van der Waals surface area contributed by atoms with Gasteiger partial charge in [-0.3, -0.25) is 0 Å². The molecule has 0 aliphatic heterocycles. The Morgan fingerprint density at radius 1 is 0.250 bits per heavy atom. The van der Waals surface area contributed by atoms with Gasteiger partial charge in [-0.05, 0) is 0 Å². The van der Waals surface area contributed by atoms with Crippen molar-refractivity contribution in [3.05, 3.63) is 179 Å². The van der Waals surface area contributed by atoms with Gasteiger partial charge in [-0.2, -0.15) is 0 Å². The summed E-state index contributed by atoms with van der Waals surface area (Å²) in [5.74, 6) is 0. The van der Waals surface area contributed by atoms with Crippen molar-refractivity contribution in [1.82, 2.24) is 0 Å². The molecule has 7 aromatic carbocycles. The Hall–Kier alpha value is -3.68. The first-order valence-electron chi connectivity index (χ1n) is 29.5. The third-order valence-electron chi connectivity index (χ3n) is 16.4. The maximum atomic E-state index is 4.73. The third kappa shape index (κ3) is 13.8. The summed E-state index contributed by atoms with van der Waals surface area (Å²) in [6, 6.07) is 44.9. The van der Waals surface area contributed by atoms with E-state index in [1.54, 1.807) is 0 Å². The number of benzene rings is 7. The second kappa shape index (κ2) is 22.1. The molecular weight excluding hydrogens is 1210 g/mol. The summed E-state index contributed by atoms with van der Waals surface area (Å²) >= 11 is 5.96. The molecule has 80 heavy (non-hydrogen) atoms. The molecule has 0 aliphatic carbocycles. The van der Waals surface area contributed by atoms with Gasteiger partial charge in [-0.15, -0.1) is 0 Å². The van der Waals surface area contributed by atoms with Crippen LogP contribution in [0.3, 0.4) is 0 Å². The molecule has 0 atom stereocenters. The number of hydrogen-bond donors (Lipinski definition) is 0. The quantitative estimate of drug-likeness (QED) is 0.140. The molecule has 0 amide bonds. The zero-order valence-corrected chi connectivity index (χ0v) is 60.3. The summed E-state index contributed by atoms with van der Waals surface area (Å²) in [6.07, 6.45) is 0. The molecule has 0 aromatic heterocycles. The Morgan fingerprint density at radius 2 is 0.438 bits per heavy atom. The Kier molecular flexibility index (Phi) is 17.6. The predicted octanol–water partition coefficient (Wildman–Crippen LogP) is 21.7. The van der Waals surface area contributed by atoms with Gasteiger partial charge in [0.25, 0.3) is 0 Å². The fraction of sp³-hybridized carbons (Fsp3) is 0.455. The molecular formula is C77H99Br2Sb. The molecule has 3 heteroatoms. The van der Waals surface area contributed by atoms with Crippen molar-refractivity contribution >= 4 is 62.6 Å². The van der Waals surface area contributed by atoms with Crippen LogP contribution in [0.2, 0.25) is 0 Å². The van der Waals surface area contributed by atoms with Crippen LogP contribution in [0.5, 0.6) is 0 Å². The van der Waals surface area contributed by atoms with Crippen LogP contribution >= 0.6 is 31.9 Å². The van der Waals surface area contributed by atoms with Crippen molar-refractivity contribution < 1.29 is 0 Å². The van der Waals surface area contributed by atoms with Crippen LogP contribution in [-0.4, -0.2) is 20.2 Å². The normalized spacial score (nSPS) is 13.4. The van der Waals surface area contributed by atoms with E-state index in [0.717, 1.165) is 0 Å². The van der Waals surface area contributed by atoms with Gasteiger partial charge in [0.05, 0.1) is 0 Å². The fourth-order valence-corrected chi connectivity index (χ4v) is 23.1. The van der Waals surface area contributed by atoms with Crippen molar-refractivity contribution in [2.24, 2.45) is 0 Å². The second-order valence-electron chi connectivity index (χ2n) is 31.9. The zero-order valence-electron chi connectivity index (χ0n) is 54.6. The number of rotatable bonds is 7. The topological polar surface area (TPSA) is 0 Å². The monoisotopic (exact) mass is 1300 g/mol. The van der Waals surface area contributed by atoms with Crippen molar-refractivity contribution in [3.8, 4) is 44.5 Å². The summed E-state index contributed by atoms with van der Waals surface area (Å²) in [7, 11) is 0. The van der Waals surface area contributed by atoms with E-state index in [4.69, 9.17) is 31.9 Å². The summed E-state index contributed by atoms with van der Waals surface area (Å²) < 4.78 is 6.82. The van der Waals surface area contributed by atoms with Crippen molar-refractivity contribution in [2.75, 3.05) is 0 Å². The third-order valence-corrected chi connectivity index (χ3v) is 28.4. The van der Waals surface area contributed by atoms with Crippen LogP contribution in [0.4, 0.5) is 0 Å². The molecule has 426 valence electrons. The van der Waals surface area contributed by atoms with Crippen LogP contribution in [-0.2, 0) is 43.3 Å². The summed E-state index contributed by atoms with van der Waals surface area (Å²) in [5.41, 5.74) is 24.6. The van der Waals surface area contributed by atoms with Gasteiger partial charge in [-0.25, -0.2) is 0 Å². The average Bonchev–Trinajstić information content (AvgIpc) is 3.30. The molecule has 0 saturated heterocycles. The van der Waals surface area contributed by atoms with Crippen LogP contribution in [0, 0.1) is 20.8 Å². The molecule has 0 aliphatic rings. The minimum absolute atomic E-state index is 0.0525. The summed E-state index contributed by atoms with van der Waals surface area (Å²) in [4.78, 5) is 0. The van der Waals surface area contributed by atoms with Gasteiger partial charge in [-0.1, -0.05) is 0 Å². The molecule has 0 fully saturated rings. The molecule has 7 rings (SSSR count). The summed E-state index contributed by atoms with van der Waals surface area (Å²) in [6.45, 7) is 63.9. The van der Waals surface area contributed by atoms with E-state index in [2.05, 4.69) is 296 Å². The Balaban J connectivity index is 1.83. The Labute approximate surface area is 512 Å². The first kappa shape index (κ1) is 63.9. The first-order valence-corrected chi connectivity index (χ1v) is 34.9. The Morgan fingerprint density at radius 3 is 0.637 bits per heavy atom. The molecule has 7 aromatic rings. The average molecular weight is 1310 g/mol. The maximum absolute atomic E-state index is 4.73. The molecule has 0 unspecified atom stereocenters. The van der Waals surface area contributed by atoms with E-state index in [-0.39, 0.29) is 43.3 Å². The molecule has 0 spiro atoms. The number of aryl methyl sites for hydroxylation is 3. The number of halogens is 2. The predicted molar refractivity (Wildman–Crippen MR) is 365 cm³/mol. The molecule has 0 radical (unpaired) electrons. The van der Waals surface area contributed by atoms with Crippen molar-refractivity contribution in [1.29, 1.82) is 0 Å². The number of hydrogen-bond acceptors (Lipinski definition) is 0. The van der Waals surface area contributed by atoms with Crippen LogP contribution < -0.4 is 10.5 Å². The van der Waals surface area contributed by atoms with Crippen molar-refractivity contribution in [3.63, 3.8) is 0 Å². The van der Waals surface area contributed by atoms with E-state index in [1.807, 2.05) is 0 Å². The van der Waals surface area contributed by atoms with Gasteiger partial charge < -0.3 is 0 Å². The molecule has 0 N–H and O–H groups in total. The SMILES string of the molecule is Cc1cc(C)[c]([Sb]([c]2c(-c3cc(C(C)(C)C)cc(C(C)(C)C)c3)ccc(-c3cc(C(C)(C)C)cc(C(C)(C)C)c3)c2Br)[c]2c(-c3cc(C(C)(C)C)cc(C(C)(C)C)c3)ccc(-c3cc(C(C)(C)C)cc(C(C)(C)C)c3)c2Br)c(C)c1. The van der Waals surface area contributed by atoms with Gasteiger partial charge in [0.2, 0.25) is 0 Å². The van der Waals surface area contributed by atoms with Gasteiger partial charge in [0, 0.05) is 0 Å². The minimum atomic E-state index is -3.50. The zero-order chi connectivity index (χ0) is 60.2. The van der Waals surface area contributed by atoms with E-state index in [1.165, 1.54) is 125 Å². The van der Waals surface area contributed by atoms with Gasteiger partial charge >= 0.3 is 517 Å². The van der Waals surface area contributed by atoms with E-state index in [0.29, 0.717) is 0 Å². The van der Waals surface area contributed by atoms with Crippen LogP contribution in [0.25, 0.3) is 44.5 Å². The van der Waals surface area contributed by atoms with Gasteiger partial charge in [0.15, 0.2) is 0 Å². The molecule has 0 heterocycles. The first-order chi connectivity index (χ1) is 36.3. The summed E-state index contributed by atoms with van der Waals surface area (Å²) in [5, 5.41) is 0. The second-order valence-corrected chi connectivity index (χ2v) is 39.3. The van der Waals surface area contributed by atoms with Crippen LogP contribution in [0.1, 0.15) is 227 Å². The van der Waals surface area contributed by atoms with E-state index in [9.17, 15) is 0 Å². The van der Waals surface area contributed by atoms with Gasteiger partial charge in [0.1, 0.15) is 0 Å². The molecule has 0 bridgehead atoms. The fourth-order valence-electron chi connectivity index (χ4n) is 10.9. The molecule has 0 saturated carbocycles. The standard InChI is InChI=1S/2C34H44Br.C9H11.Sb/c2*1-31(2,3)25-15-23(16-26(20-25)32(4,5)6)22-13-14-29(30(35)19-22)24-17-27(33(7,8)9)21-28(18-24)34(10,11)12;1-7-4-8(2)6-9(3)5-7;/h2*13-18,20-21H,1-12H3;4-5H,1-3H3;. The van der Waals surface area contributed by atoms with Crippen LogP contribution in [0.15, 0.2) is 118 Å². The van der Waals surface area contributed by atoms with E-state index < -0.39 is 20.2 Å². The Bertz CT molecular complexity index is 3130.